The van der Waals surface area contributed by atoms with Crippen molar-refractivity contribution in [2.24, 2.45) is 11.7 Å². The maximum Gasteiger partial charge on any atom is 0.223 e. The highest BCUT2D eigenvalue weighted by Gasteiger charge is 2.24. The highest BCUT2D eigenvalue weighted by Crippen LogP contribution is 2.22. The van der Waals surface area contributed by atoms with Crippen molar-refractivity contribution >= 4 is 5.91 Å². The monoisotopic (exact) mass is 223 g/mol. The number of nitriles is 1. The van der Waals surface area contributed by atoms with E-state index in [9.17, 15) is 4.79 Å². The SMILES string of the molecule is N#CCCCCNC(=O)C1CCCC(N)C1. The topological polar surface area (TPSA) is 78.9 Å². The van der Waals surface area contributed by atoms with E-state index >= 15 is 0 Å². The standard InChI is InChI=1S/C12H21N3O/c13-7-2-1-3-8-15-12(16)10-5-4-6-11(14)9-10/h10-11H,1-6,8-9,14H2,(H,15,16). The van der Waals surface area contributed by atoms with Gasteiger partial charge in [-0.25, -0.2) is 0 Å². The molecule has 0 bridgehead atoms. The zero-order valence-corrected chi connectivity index (χ0v) is 9.74. The molecule has 1 fully saturated rings. The van der Waals surface area contributed by atoms with Gasteiger partial charge in [0.05, 0.1) is 6.07 Å². The van der Waals surface area contributed by atoms with Crippen molar-refractivity contribution in [3.05, 3.63) is 0 Å². The van der Waals surface area contributed by atoms with Crippen molar-refractivity contribution in [1.82, 2.24) is 5.32 Å². The highest BCUT2D eigenvalue weighted by atomic mass is 16.1. The minimum absolute atomic E-state index is 0.111. The summed E-state index contributed by atoms with van der Waals surface area (Å²) >= 11 is 0. The Kier molecular flexibility index (Phi) is 5.87. The quantitative estimate of drug-likeness (QED) is 0.690. The van der Waals surface area contributed by atoms with Gasteiger partial charge in [0.15, 0.2) is 0 Å². The van der Waals surface area contributed by atoms with Gasteiger partial charge in [-0.05, 0) is 32.1 Å². The Labute approximate surface area is 97.2 Å². The van der Waals surface area contributed by atoms with Gasteiger partial charge in [0.1, 0.15) is 0 Å². The number of rotatable bonds is 5. The Bertz CT molecular complexity index is 259. The van der Waals surface area contributed by atoms with Crippen molar-refractivity contribution in [2.75, 3.05) is 6.54 Å². The third-order valence-corrected chi connectivity index (χ3v) is 3.10. The first kappa shape index (κ1) is 13.0. The molecule has 1 aliphatic rings. The van der Waals surface area contributed by atoms with Crippen LogP contribution < -0.4 is 11.1 Å². The number of hydrogen-bond acceptors (Lipinski definition) is 3. The third kappa shape index (κ3) is 4.63. The summed E-state index contributed by atoms with van der Waals surface area (Å²) in [6.45, 7) is 0.687. The van der Waals surface area contributed by atoms with Gasteiger partial charge in [-0.2, -0.15) is 5.26 Å². The van der Waals surface area contributed by atoms with Gasteiger partial charge in [0, 0.05) is 24.9 Å². The molecule has 4 heteroatoms. The first-order valence-corrected chi connectivity index (χ1v) is 6.14. The largest absolute Gasteiger partial charge is 0.356 e. The van der Waals surface area contributed by atoms with E-state index in [1.165, 1.54) is 0 Å². The molecular formula is C12H21N3O. The van der Waals surface area contributed by atoms with Crippen LogP contribution in [0.25, 0.3) is 0 Å². The zero-order valence-electron chi connectivity index (χ0n) is 9.74. The average molecular weight is 223 g/mol. The molecule has 2 unspecified atom stereocenters. The van der Waals surface area contributed by atoms with Crippen LogP contribution in [0, 0.1) is 17.2 Å². The number of nitrogens with zero attached hydrogens (tertiary/aromatic N) is 1. The van der Waals surface area contributed by atoms with Crippen LogP contribution in [0.15, 0.2) is 0 Å². The molecule has 0 aromatic rings. The molecule has 1 saturated carbocycles. The second-order valence-electron chi connectivity index (χ2n) is 4.53. The van der Waals surface area contributed by atoms with Crippen LogP contribution in [-0.4, -0.2) is 18.5 Å². The minimum atomic E-state index is 0.111. The number of carbonyl (C=O) groups excluding carboxylic acids is 1. The molecule has 0 aromatic carbocycles. The summed E-state index contributed by atoms with van der Waals surface area (Å²) in [6, 6.07) is 2.29. The van der Waals surface area contributed by atoms with Crippen molar-refractivity contribution in [2.45, 2.75) is 51.0 Å². The maximum atomic E-state index is 11.7. The van der Waals surface area contributed by atoms with Crippen molar-refractivity contribution < 1.29 is 4.79 Å². The molecule has 90 valence electrons. The van der Waals surface area contributed by atoms with Crippen LogP contribution in [0.3, 0.4) is 0 Å². The summed E-state index contributed by atoms with van der Waals surface area (Å²) in [7, 11) is 0. The van der Waals surface area contributed by atoms with Crippen LogP contribution in [-0.2, 0) is 4.79 Å². The molecule has 1 rings (SSSR count). The van der Waals surface area contributed by atoms with Crippen molar-refractivity contribution in [1.29, 1.82) is 5.26 Å². The summed E-state index contributed by atoms with van der Waals surface area (Å²) in [5.74, 6) is 0.256. The van der Waals surface area contributed by atoms with E-state index in [1.807, 2.05) is 0 Å². The lowest BCUT2D eigenvalue weighted by atomic mass is 9.85. The van der Waals surface area contributed by atoms with Gasteiger partial charge in [-0.15, -0.1) is 0 Å². The predicted octanol–water partition coefficient (Wildman–Crippen LogP) is 1.31. The normalized spacial score (nSPS) is 24.8. The smallest absolute Gasteiger partial charge is 0.223 e. The fraction of sp³-hybridized carbons (Fsp3) is 0.833. The molecule has 0 aromatic heterocycles. The minimum Gasteiger partial charge on any atom is -0.356 e. The number of carbonyl (C=O) groups is 1. The lowest BCUT2D eigenvalue weighted by molar-refractivity contribution is -0.126. The van der Waals surface area contributed by atoms with Crippen molar-refractivity contribution in [3.8, 4) is 6.07 Å². The number of unbranched alkanes of at least 4 members (excludes halogenated alkanes) is 2. The number of hydrogen-bond donors (Lipinski definition) is 2. The summed E-state index contributed by atoms with van der Waals surface area (Å²) in [5.41, 5.74) is 5.84. The van der Waals surface area contributed by atoms with E-state index in [0.29, 0.717) is 13.0 Å². The van der Waals surface area contributed by atoms with Crippen LogP contribution in [0.1, 0.15) is 44.9 Å². The van der Waals surface area contributed by atoms with Gasteiger partial charge in [-0.3, -0.25) is 4.79 Å². The van der Waals surface area contributed by atoms with Crippen LogP contribution >= 0.6 is 0 Å². The van der Waals surface area contributed by atoms with E-state index in [1.54, 1.807) is 0 Å². The maximum absolute atomic E-state index is 11.7. The summed E-state index contributed by atoms with van der Waals surface area (Å²) in [4.78, 5) is 11.7. The summed E-state index contributed by atoms with van der Waals surface area (Å²) < 4.78 is 0. The third-order valence-electron chi connectivity index (χ3n) is 3.10. The van der Waals surface area contributed by atoms with Crippen LogP contribution in [0.5, 0.6) is 0 Å². The van der Waals surface area contributed by atoms with E-state index in [-0.39, 0.29) is 17.9 Å². The molecule has 1 amide bonds. The Morgan fingerprint density at radius 3 is 2.94 bits per heavy atom. The zero-order chi connectivity index (χ0) is 11.8. The Hall–Kier alpha value is -1.08. The molecule has 1 aliphatic carbocycles. The Morgan fingerprint density at radius 2 is 2.25 bits per heavy atom. The highest BCUT2D eigenvalue weighted by molar-refractivity contribution is 5.78. The van der Waals surface area contributed by atoms with Crippen LogP contribution in [0.4, 0.5) is 0 Å². The van der Waals surface area contributed by atoms with Gasteiger partial charge in [0.25, 0.3) is 0 Å². The molecule has 2 atom stereocenters. The number of nitrogens with one attached hydrogen (secondary N) is 1. The lowest BCUT2D eigenvalue weighted by Gasteiger charge is -2.25. The van der Waals surface area contributed by atoms with E-state index in [0.717, 1.165) is 38.5 Å². The molecule has 0 saturated heterocycles. The van der Waals surface area contributed by atoms with E-state index < -0.39 is 0 Å². The number of amides is 1. The second-order valence-corrected chi connectivity index (χ2v) is 4.53. The first-order valence-electron chi connectivity index (χ1n) is 6.14. The molecule has 0 heterocycles. The summed E-state index contributed by atoms with van der Waals surface area (Å²) in [5, 5.41) is 11.3. The lowest BCUT2D eigenvalue weighted by Crippen LogP contribution is -2.38. The predicted molar refractivity (Wildman–Crippen MR) is 62.4 cm³/mol. The molecular weight excluding hydrogens is 202 g/mol. The van der Waals surface area contributed by atoms with Crippen LogP contribution in [0.2, 0.25) is 0 Å². The average Bonchev–Trinajstić information content (AvgIpc) is 2.28. The van der Waals surface area contributed by atoms with Crippen molar-refractivity contribution in [3.63, 3.8) is 0 Å². The molecule has 3 N–H and O–H groups in total. The van der Waals surface area contributed by atoms with Gasteiger partial charge < -0.3 is 11.1 Å². The van der Waals surface area contributed by atoms with E-state index in [2.05, 4.69) is 11.4 Å². The molecule has 0 aliphatic heterocycles. The fourth-order valence-corrected chi connectivity index (χ4v) is 2.15. The molecule has 4 nitrogen and oxygen atoms in total. The molecule has 16 heavy (non-hydrogen) atoms. The van der Waals surface area contributed by atoms with Gasteiger partial charge in [0.2, 0.25) is 5.91 Å². The first-order chi connectivity index (χ1) is 7.74. The molecule has 0 radical (unpaired) electrons. The van der Waals surface area contributed by atoms with E-state index in [4.69, 9.17) is 11.0 Å². The second kappa shape index (κ2) is 7.24. The Balaban J connectivity index is 2.12. The number of nitrogens with two attached hydrogens (primary N) is 1. The van der Waals surface area contributed by atoms with Gasteiger partial charge in [-0.1, -0.05) is 6.42 Å². The van der Waals surface area contributed by atoms with Gasteiger partial charge >= 0.3 is 0 Å². The Morgan fingerprint density at radius 1 is 1.44 bits per heavy atom. The molecule has 0 spiro atoms. The fourth-order valence-electron chi connectivity index (χ4n) is 2.15. The summed E-state index contributed by atoms with van der Waals surface area (Å²) in [6.07, 6.45) is 6.23.